The normalized spacial score (nSPS) is 18.1. The Morgan fingerprint density at radius 1 is 1.32 bits per heavy atom. The predicted molar refractivity (Wildman–Crippen MR) is 77.5 cm³/mol. The van der Waals surface area contributed by atoms with E-state index in [2.05, 4.69) is 4.72 Å². The number of nitrogens with one attached hydrogen (secondary N) is 1. The van der Waals surface area contributed by atoms with Crippen LogP contribution in [0, 0.1) is 19.8 Å². The summed E-state index contributed by atoms with van der Waals surface area (Å²) in [5, 5.41) is 0. The number of anilines is 1. The van der Waals surface area contributed by atoms with Gasteiger partial charge in [-0.25, -0.2) is 13.1 Å². The third-order valence-corrected chi connectivity index (χ3v) is 5.72. The summed E-state index contributed by atoms with van der Waals surface area (Å²) in [7, 11) is -3.49. The number of nitrogen functional groups attached to an aromatic ring is 1. The van der Waals surface area contributed by atoms with Gasteiger partial charge in [0.1, 0.15) is 0 Å². The zero-order chi connectivity index (χ0) is 14.2. The van der Waals surface area contributed by atoms with Crippen LogP contribution in [0.4, 0.5) is 5.69 Å². The van der Waals surface area contributed by atoms with Crippen LogP contribution in [0.15, 0.2) is 17.0 Å². The molecule has 0 amide bonds. The first-order valence-electron chi connectivity index (χ1n) is 6.70. The summed E-state index contributed by atoms with van der Waals surface area (Å²) >= 11 is 0. The highest BCUT2D eigenvalue weighted by Gasteiger charge is 2.28. The molecule has 5 heteroatoms. The molecule has 2 rings (SSSR count). The van der Waals surface area contributed by atoms with E-state index in [0.29, 0.717) is 22.1 Å². The highest BCUT2D eigenvalue weighted by Crippen LogP contribution is 2.31. The van der Waals surface area contributed by atoms with Crippen LogP contribution in [0.1, 0.15) is 37.3 Å². The van der Waals surface area contributed by atoms with Crippen LogP contribution < -0.4 is 10.5 Å². The number of hydrogen-bond donors (Lipinski definition) is 2. The fourth-order valence-electron chi connectivity index (χ4n) is 2.48. The minimum absolute atomic E-state index is 0.0140. The molecule has 0 radical (unpaired) electrons. The maximum atomic E-state index is 12.4. The fourth-order valence-corrected chi connectivity index (χ4v) is 4.15. The van der Waals surface area contributed by atoms with E-state index in [0.717, 1.165) is 18.4 Å². The summed E-state index contributed by atoms with van der Waals surface area (Å²) < 4.78 is 27.7. The van der Waals surface area contributed by atoms with Gasteiger partial charge in [-0.15, -0.1) is 0 Å². The third kappa shape index (κ3) is 2.92. The summed E-state index contributed by atoms with van der Waals surface area (Å²) in [5.74, 6) is 0.470. The van der Waals surface area contributed by atoms with Crippen molar-refractivity contribution in [2.75, 3.05) is 5.73 Å². The van der Waals surface area contributed by atoms with Crippen LogP contribution in [0.2, 0.25) is 0 Å². The molecule has 1 fully saturated rings. The van der Waals surface area contributed by atoms with Crippen LogP contribution in [0.5, 0.6) is 0 Å². The number of rotatable bonds is 4. The minimum atomic E-state index is -3.49. The van der Waals surface area contributed by atoms with E-state index in [-0.39, 0.29) is 6.04 Å². The second-order valence-corrected chi connectivity index (χ2v) is 7.26. The van der Waals surface area contributed by atoms with Crippen molar-refractivity contribution >= 4 is 15.7 Å². The van der Waals surface area contributed by atoms with Crippen molar-refractivity contribution in [2.45, 2.75) is 51.0 Å². The van der Waals surface area contributed by atoms with E-state index < -0.39 is 10.0 Å². The maximum Gasteiger partial charge on any atom is 0.241 e. The van der Waals surface area contributed by atoms with E-state index in [4.69, 9.17) is 5.73 Å². The van der Waals surface area contributed by atoms with Crippen molar-refractivity contribution in [1.82, 2.24) is 4.72 Å². The molecule has 1 aromatic carbocycles. The Morgan fingerprint density at radius 2 is 1.95 bits per heavy atom. The number of benzene rings is 1. The van der Waals surface area contributed by atoms with Crippen molar-refractivity contribution in [3.05, 3.63) is 23.3 Å². The lowest BCUT2D eigenvalue weighted by atomic mass is 9.81. The smallest absolute Gasteiger partial charge is 0.241 e. The van der Waals surface area contributed by atoms with Crippen LogP contribution >= 0.6 is 0 Å². The van der Waals surface area contributed by atoms with Gasteiger partial charge in [0.25, 0.3) is 0 Å². The molecule has 1 aliphatic carbocycles. The van der Waals surface area contributed by atoms with E-state index in [1.54, 1.807) is 19.1 Å². The summed E-state index contributed by atoms with van der Waals surface area (Å²) in [4.78, 5) is 0.302. The molecule has 4 nitrogen and oxygen atoms in total. The van der Waals surface area contributed by atoms with Crippen molar-refractivity contribution in [2.24, 2.45) is 5.92 Å². The number of sulfonamides is 1. The SMILES string of the molecule is Cc1cc(N)c(C)c(S(=O)(=O)NC(C)C2CCC2)c1. The van der Waals surface area contributed by atoms with Gasteiger partial charge in [0, 0.05) is 11.7 Å². The molecule has 0 spiro atoms. The molecular formula is C14H22N2O2S. The van der Waals surface area contributed by atoms with Crippen molar-refractivity contribution in [1.29, 1.82) is 0 Å². The van der Waals surface area contributed by atoms with Crippen molar-refractivity contribution in [3.63, 3.8) is 0 Å². The molecular weight excluding hydrogens is 260 g/mol. The summed E-state index contributed by atoms with van der Waals surface area (Å²) in [6.07, 6.45) is 3.42. The largest absolute Gasteiger partial charge is 0.398 e. The van der Waals surface area contributed by atoms with Gasteiger partial charge in [-0.3, -0.25) is 0 Å². The summed E-state index contributed by atoms with van der Waals surface area (Å²) in [6.45, 7) is 5.54. The van der Waals surface area contributed by atoms with Gasteiger partial charge in [-0.05, 0) is 62.8 Å². The number of hydrogen-bond acceptors (Lipinski definition) is 3. The lowest BCUT2D eigenvalue weighted by Gasteiger charge is -2.31. The molecule has 19 heavy (non-hydrogen) atoms. The van der Waals surface area contributed by atoms with E-state index in [1.165, 1.54) is 6.42 Å². The molecule has 0 aromatic heterocycles. The molecule has 106 valence electrons. The Labute approximate surface area is 115 Å². The molecule has 0 heterocycles. The second-order valence-electron chi connectivity index (χ2n) is 5.58. The van der Waals surface area contributed by atoms with Gasteiger partial charge < -0.3 is 5.73 Å². The standard InChI is InChI=1S/C14H22N2O2S/c1-9-7-13(15)10(2)14(8-9)19(17,18)16-11(3)12-5-4-6-12/h7-8,11-12,16H,4-6,15H2,1-3H3. The van der Waals surface area contributed by atoms with Gasteiger partial charge >= 0.3 is 0 Å². The van der Waals surface area contributed by atoms with E-state index >= 15 is 0 Å². The lowest BCUT2D eigenvalue weighted by Crippen LogP contribution is -2.40. The molecule has 3 N–H and O–H groups in total. The van der Waals surface area contributed by atoms with Crippen LogP contribution in [-0.2, 0) is 10.0 Å². The monoisotopic (exact) mass is 282 g/mol. The molecule has 1 aromatic rings. The maximum absolute atomic E-state index is 12.4. The van der Waals surface area contributed by atoms with Gasteiger partial charge in [-0.1, -0.05) is 6.42 Å². The quantitative estimate of drug-likeness (QED) is 0.833. The van der Waals surface area contributed by atoms with E-state index in [9.17, 15) is 8.42 Å². The molecule has 1 aliphatic rings. The van der Waals surface area contributed by atoms with Crippen molar-refractivity contribution < 1.29 is 8.42 Å². The molecule has 0 bridgehead atoms. The zero-order valence-electron chi connectivity index (χ0n) is 11.7. The Bertz CT molecular complexity index is 577. The third-order valence-electron chi connectivity index (χ3n) is 4.03. The summed E-state index contributed by atoms with van der Waals surface area (Å²) in [6, 6.07) is 3.46. The van der Waals surface area contributed by atoms with Crippen LogP contribution in [0.3, 0.4) is 0 Å². The van der Waals surface area contributed by atoms with Crippen molar-refractivity contribution in [3.8, 4) is 0 Å². The van der Waals surface area contributed by atoms with Crippen LogP contribution in [-0.4, -0.2) is 14.5 Å². The Morgan fingerprint density at radius 3 is 2.47 bits per heavy atom. The van der Waals surface area contributed by atoms with E-state index in [1.807, 2.05) is 13.8 Å². The molecule has 1 atom stereocenters. The zero-order valence-corrected chi connectivity index (χ0v) is 12.5. The van der Waals surface area contributed by atoms with Gasteiger partial charge in [0.2, 0.25) is 10.0 Å². The highest BCUT2D eigenvalue weighted by atomic mass is 32.2. The lowest BCUT2D eigenvalue weighted by molar-refractivity contribution is 0.260. The van der Waals surface area contributed by atoms with Crippen LogP contribution in [0.25, 0.3) is 0 Å². The molecule has 0 aliphatic heterocycles. The Balaban J connectivity index is 2.28. The molecule has 1 unspecified atom stereocenters. The molecule has 1 saturated carbocycles. The first-order chi connectivity index (χ1) is 8.81. The first kappa shape index (κ1) is 14.3. The number of aryl methyl sites for hydroxylation is 1. The Hall–Kier alpha value is -1.07. The fraction of sp³-hybridized carbons (Fsp3) is 0.571. The highest BCUT2D eigenvalue weighted by molar-refractivity contribution is 7.89. The average molecular weight is 282 g/mol. The first-order valence-corrected chi connectivity index (χ1v) is 8.18. The van der Waals surface area contributed by atoms with Gasteiger partial charge in [0.05, 0.1) is 4.90 Å². The average Bonchev–Trinajstić information content (AvgIpc) is 2.19. The topological polar surface area (TPSA) is 72.2 Å². The second kappa shape index (κ2) is 5.13. The Kier molecular flexibility index (Phi) is 3.87. The molecule has 0 saturated heterocycles. The minimum Gasteiger partial charge on any atom is -0.398 e. The number of nitrogens with two attached hydrogens (primary N) is 1. The van der Waals surface area contributed by atoms with Gasteiger partial charge in [-0.2, -0.15) is 0 Å². The predicted octanol–water partition coefficient (Wildman–Crippen LogP) is 2.35. The van der Waals surface area contributed by atoms with Gasteiger partial charge in [0.15, 0.2) is 0 Å². The summed E-state index contributed by atoms with van der Waals surface area (Å²) in [5.41, 5.74) is 7.86.